The number of alkyl halides is 3. The lowest BCUT2D eigenvalue weighted by Crippen LogP contribution is -2.37. The van der Waals surface area contributed by atoms with E-state index in [1.165, 1.54) is 23.9 Å². The standard InChI is InChI=1S/C23H31F3N2O2S/c1-27(2)11-12-28-20-10-7-17(23(24,25)26)13-16(20)14-19(21(31-4)22(28)29)15-5-8-18(30-3)9-6-15/h7,10,13,15,18H,5-6,8-9,11-12,14H2,1-4H3. The zero-order valence-electron chi connectivity index (χ0n) is 18.6. The van der Waals surface area contributed by atoms with Crippen LogP contribution < -0.4 is 4.90 Å². The Morgan fingerprint density at radius 3 is 2.42 bits per heavy atom. The summed E-state index contributed by atoms with van der Waals surface area (Å²) >= 11 is 1.42. The Kier molecular flexibility index (Phi) is 7.76. The van der Waals surface area contributed by atoms with Crippen LogP contribution in [0.15, 0.2) is 28.7 Å². The lowest BCUT2D eigenvalue weighted by molar-refractivity contribution is -0.137. The van der Waals surface area contributed by atoms with Gasteiger partial charge in [-0.25, -0.2) is 0 Å². The summed E-state index contributed by atoms with van der Waals surface area (Å²) in [5, 5.41) is 0. The lowest BCUT2D eigenvalue weighted by Gasteiger charge is -2.30. The highest BCUT2D eigenvalue weighted by atomic mass is 32.2. The van der Waals surface area contributed by atoms with E-state index >= 15 is 0 Å². The van der Waals surface area contributed by atoms with Crippen LogP contribution in [0.4, 0.5) is 18.9 Å². The van der Waals surface area contributed by atoms with Gasteiger partial charge in [0.25, 0.3) is 5.91 Å². The van der Waals surface area contributed by atoms with Crippen LogP contribution in [0.3, 0.4) is 0 Å². The molecule has 1 aliphatic heterocycles. The minimum atomic E-state index is -4.41. The van der Waals surface area contributed by atoms with Gasteiger partial charge in [-0.1, -0.05) is 0 Å². The summed E-state index contributed by atoms with van der Waals surface area (Å²) in [7, 11) is 5.55. The van der Waals surface area contributed by atoms with Crippen LogP contribution in [0, 0.1) is 5.92 Å². The first-order chi connectivity index (χ1) is 14.7. The molecule has 0 radical (unpaired) electrons. The summed E-state index contributed by atoms with van der Waals surface area (Å²) in [6.07, 6.45) is 1.64. The van der Waals surface area contributed by atoms with Crippen LogP contribution in [-0.4, -0.2) is 57.5 Å². The van der Waals surface area contributed by atoms with Crippen LogP contribution in [0.1, 0.15) is 36.8 Å². The minimum absolute atomic E-state index is 0.100. The van der Waals surface area contributed by atoms with Crippen LogP contribution in [0.2, 0.25) is 0 Å². The summed E-state index contributed by atoms with van der Waals surface area (Å²) in [5.41, 5.74) is 1.49. The van der Waals surface area contributed by atoms with Gasteiger partial charge in [0, 0.05) is 25.9 Å². The highest BCUT2D eigenvalue weighted by molar-refractivity contribution is 8.03. The third-order valence-electron chi connectivity index (χ3n) is 6.28. The number of carbonyl (C=O) groups excluding carboxylic acids is 1. The predicted octanol–water partition coefficient (Wildman–Crippen LogP) is 4.98. The Labute approximate surface area is 186 Å². The van der Waals surface area contributed by atoms with Crippen molar-refractivity contribution < 1.29 is 22.7 Å². The molecule has 0 unspecified atom stereocenters. The van der Waals surface area contributed by atoms with Crippen LogP contribution in [0.25, 0.3) is 0 Å². The third kappa shape index (κ3) is 5.46. The first-order valence-corrected chi connectivity index (χ1v) is 11.8. The van der Waals surface area contributed by atoms with Gasteiger partial charge < -0.3 is 14.5 Å². The second-order valence-electron chi connectivity index (χ2n) is 8.55. The summed E-state index contributed by atoms with van der Waals surface area (Å²) in [5.74, 6) is 0.0886. The molecule has 1 fully saturated rings. The third-order valence-corrected chi connectivity index (χ3v) is 7.13. The van der Waals surface area contributed by atoms with E-state index in [1.807, 2.05) is 25.3 Å². The topological polar surface area (TPSA) is 32.8 Å². The molecule has 8 heteroatoms. The zero-order chi connectivity index (χ0) is 22.8. The molecule has 0 N–H and O–H groups in total. The van der Waals surface area contributed by atoms with Gasteiger partial charge in [-0.2, -0.15) is 13.2 Å². The predicted molar refractivity (Wildman–Crippen MR) is 119 cm³/mol. The van der Waals surface area contributed by atoms with Crippen molar-refractivity contribution in [1.29, 1.82) is 0 Å². The monoisotopic (exact) mass is 456 g/mol. The Hall–Kier alpha value is -1.51. The minimum Gasteiger partial charge on any atom is -0.381 e. The van der Waals surface area contributed by atoms with Crippen molar-refractivity contribution in [3.63, 3.8) is 0 Å². The molecule has 0 bridgehead atoms. The second kappa shape index (κ2) is 9.96. The van der Waals surface area contributed by atoms with Crippen molar-refractivity contribution in [2.24, 2.45) is 5.92 Å². The van der Waals surface area contributed by atoms with Gasteiger partial charge in [-0.05, 0) is 87.7 Å². The molecule has 1 aromatic carbocycles. The fourth-order valence-corrected chi connectivity index (χ4v) is 5.32. The van der Waals surface area contributed by atoms with E-state index in [0.717, 1.165) is 37.3 Å². The molecule has 31 heavy (non-hydrogen) atoms. The number of carbonyl (C=O) groups is 1. The Morgan fingerprint density at radius 1 is 1.19 bits per heavy atom. The molecular weight excluding hydrogens is 425 g/mol. The molecule has 2 aliphatic rings. The van der Waals surface area contributed by atoms with Gasteiger partial charge >= 0.3 is 6.18 Å². The number of ether oxygens (including phenoxy) is 1. The van der Waals surface area contributed by atoms with Crippen molar-refractivity contribution in [2.45, 2.75) is 44.4 Å². The number of halogens is 3. The first-order valence-electron chi connectivity index (χ1n) is 10.6. The van der Waals surface area contributed by atoms with E-state index in [2.05, 4.69) is 0 Å². The number of hydrogen-bond donors (Lipinski definition) is 0. The fourth-order valence-electron chi connectivity index (χ4n) is 4.54. The van der Waals surface area contributed by atoms with E-state index in [1.54, 1.807) is 12.0 Å². The number of amides is 1. The summed E-state index contributed by atoms with van der Waals surface area (Å²) in [6, 6.07) is 3.78. The molecular formula is C23H31F3N2O2S. The Bertz CT molecular complexity index is 831. The molecule has 0 aromatic heterocycles. The number of likely N-dealkylation sites (N-methyl/N-ethyl adjacent to an activating group) is 1. The lowest BCUT2D eigenvalue weighted by atomic mass is 9.80. The number of fused-ring (bicyclic) bond motifs is 1. The highest BCUT2D eigenvalue weighted by Gasteiger charge is 2.36. The maximum absolute atomic E-state index is 13.6. The zero-order valence-corrected chi connectivity index (χ0v) is 19.4. The molecule has 0 saturated heterocycles. The summed E-state index contributed by atoms with van der Waals surface area (Å²) in [6.45, 7) is 1.06. The average Bonchev–Trinajstić information content (AvgIpc) is 2.84. The van der Waals surface area contributed by atoms with E-state index in [-0.39, 0.29) is 17.9 Å². The molecule has 172 valence electrons. The van der Waals surface area contributed by atoms with Crippen LogP contribution >= 0.6 is 11.8 Å². The van der Waals surface area contributed by atoms with Crippen molar-refractivity contribution in [2.75, 3.05) is 45.5 Å². The number of hydrogen-bond acceptors (Lipinski definition) is 4. The number of thioether (sulfide) groups is 1. The Morgan fingerprint density at radius 2 is 1.87 bits per heavy atom. The van der Waals surface area contributed by atoms with Crippen LogP contribution in [0.5, 0.6) is 0 Å². The molecule has 1 aliphatic carbocycles. The number of anilines is 1. The number of rotatable bonds is 6. The quantitative estimate of drug-likeness (QED) is 0.605. The van der Waals surface area contributed by atoms with Crippen molar-refractivity contribution in [1.82, 2.24) is 4.90 Å². The maximum Gasteiger partial charge on any atom is 0.416 e. The van der Waals surface area contributed by atoms with Gasteiger partial charge in [0.1, 0.15) is 0 Å². The molecule has 1 aromatic rings. The van der Waals surface area contributed by atoms with E-state index in [0.29, 0.717) is 35.7 Å². The summed E-state index contributed by atoms with van der Waals surface area (Å²) < 4.78 is 45.8. The number of allylic oxidation sites excluding steroid dienone is 1. The smallest absolute Gasteiger partial charge is 0.381 e. The molecule has 3 rings (SSSR count). The highest BCUT2D eigenvalue weighted by Crippen LogP contribution is 2.42. The van der Waals surface area contributed by atoms with Crippen LogP contribution in [-0.2, 0) is 22.1 Å². The van der Waals surface area contributed by atoms with Crippen molar-refractivity contribution >= 4 is 23.4 Å². The molecule has 4 nitrogen and oxygen atoms in total. The van der Waals surface area contributed by atoms with Crippen molar-refractivity contribution in [3.05, 3.63) is 39.8 Å². The molecule has 1 saturated carbocycles. The summed E-state index contributed by atoms with van der Waals surface area (Å²) in [4.78, 5) is 17.9. The van der Waals surface area contributed by atoms with E-state index in [9.17, 15) is 18.0 Å². The van der Waals surface area contributed by atoms with Gasteiger partial charge in [-0.3, -0.25) is 4.79 Å². The number of benzene rings is 1. The fraction of sp³-hybridized carbons (Fsp3) is 0.609. The van der Waals surface area contributed by atoms with Gasteiger partial charge in [0.2, 0.25) is 0 Å². The van der Waals surface area contributed by atoms with Crippen molar-refractivity contribution in [3.8, 4) is 0 Å². The normalized spacial score (nSPS) is 22.7. The second-order valence-corrected chi connectivity index (χ2v) is 9.36. The largest absolute Gasteiger partial charge is 0.416 e. The molecule has 0 atom stereocenters. The molecule has 1 heterocycles. The van der Waals surface area contributed by atoms with Gasteiger partial charge in [-0.15, -0.1) is 11.8 Å². The average molecular weight is 457 g/mol. The van der Waals surface area contributed by atoms with E-state index in [4.69, 9.17) is 4.74 Å². The first kappa shape index (κ1) is 24.1. The van der Waals surface area contributed by atoms with Gasteiger partial charge in [0.05, 0.1) is 16.6 Å². The SMILES string of the molecule is COC1CCC(C2=C(SC)C(=O)N(CCN(C)C)c3ccc(C(F)(F)F)cc3C2)CC1. The van der Waals surface area contributed by atoms with Gasteiger partial charge in [0.15, 0.2) is 0 Å². The number of nitrogens with zero attached hydrogens (tertiary/aromatic N) is 2. The molecule has 1 amide bonds. The Balaban J connectivity index is 2.06. The maximum atomic E-state index is 13.6. The number of methoxy groups -OCH3 is 1. The van der Waals surface area contributed by atoms with E-state index < -0.39 is 11.7 Å². The molecule has 0 spiro atoms.